The van der Waals surface area contributed by atoms with Crippen molar-refractivity contribution >= 4 is 0 Å². The summed E-state index contributed by atoms with van der Waals surface area (Å²) in [5.74, 6) is 0.880. The first-order valence-corrected chi connectivity index (χ1v) is 9.10. The van der Waals surface area contributed by atoms with Gasteiger partial charge < -0.3 is 5.32 Å². The van der Waals surface area contributed by atoms with E-state index >= 15 is 0 Å². The highest BCUT2D eigenvalue weighted by Gasteiger charge is 2.39. The third-order valence-electron chi connectivity index (χ3n) is 5.44. The van der Waals surface area contributed by atoms with Crippen LogP contribution in [0, 0.1) is 5.92 Å². The molecule has 0 aromatic heterocycles. The van der Waals surface area contributed by atoms with Crippen LogP contribution < -0.4 is 5.32 Å². The van der Waals surface area contributed by atoms with Gasteiger partial charge in [-0.1, -0.05) is 52.4 Å². The number of hydrogen-bond acceptors (Lipinski definition) is 2. The fourth-order valence-electron chi connectivity index (χ4n) is 4.00. The SMILES string of the molecule is CC(C)CCCCCCN1CC2(CCCC2)NCC1C. The van der Waals surface area contributed by atoms with E-state index in [4.69, 9.17) is 0 Å². The van der Waals surface area contributed by atoms with Crippen LogP contribution in [-0.4, -0.2) is 36.1 Å². The molecule has 0 radical (unpaired) electrons. The molecule has 2 fully saturated rings. The van der Waals surface area contributed by atoms with E-state index in [1.54, 1.807) is 0 Å². The number of rotatable bonds is 7. The van der Waals surface area contributed by atoms with Gasteiger partial charge in [-0.3, -0.25) is 4.90 Å². The number of hydrogen-bond donors (Lipinski definition) is 1. The zero-order valence-electron chi connectivity index (χ0n) is 14.1. The highest BCUT2D eigenvalue weighted by molar-refractivity contribution is 5.00. The molecule has 1 saturated carbocycles. The van der Waals surface area contributed by atoms with Crippen LogP contribution in [0.15, 0.2) is 0 Å². The van der Waals surface area contributed by atoms with E-state index in [1.165, 1.54) is 77.4 Å². The maximum Gasteiger partial charge on any atom is 0.0309 e. The van der Waals surface area contributed by atoms with Gasteiger partial charge in [0, 0.05) is 24.7 Å². The van der Waals surface area contributed by atoms with Crippen molar-refractivity contribution in [3.63, 3.8) is 0 Å². The van der Waals surface area contributed by atoms with Gasteiger partial charge in [0.2, 0.25) is 0 Å². The van der Waals surface area contributed by atoms with Crippen molar-refractivity contribution in [3.8, 4) is 0 Å². The topological polar surface area (TPSA) is 15.3 Å². The number of unbranched alkanes of at least 4 members (excludes halogenated alkanes) is 3. The van der Waals surface area contributed by atoms with Crippen LogP contribution in [0.3, 0.4) is 0 Å². The molecule has 0 aromatic rings. The van der Waals surface area contributed by atoms with Crippen molar-refractivity contribution < 1.29 is 0 Å². The quantitative estimate of drug-likeness (QED) is 0.703. The van der Waals surface area contributed by atoms with Crippen LogP contribution in [0.5, 0.6) is 0 Å². The van der Waals surface area contributed by atoms with E-state index in [2.05, 4.69) is 31.0 Å². The highest BCUT2D eigenvalue weighted by atomic mass is 15.2. The van der Waals surface area contributed by atoms with E-state index in [0.29, 0.717) is 5.54 Å². The second-order valence-corrected chi connectivity index (χ2v) is 7.78. The molecule has 2 rings (SSSR count). The Labute approximate surface area is 126 Å². The molecule has 118 valence electrons. The lowest BCUT2D eigenvalue weighted by Gasteiger charge is -2.45. The maximum atomic E-state index is 3.86. The summed E-state index contributed by atoms with van der Waals surface area (Å²) >= 11 is 0. The molecule has 0 amide bonds. The Morgan fingerprint density at radius 3 is 2.50 bits per heavy atom. The van der Waals surface area contributed by atoms with Crippen molar-refractivity contribution in [2.24, 2.45) is 5.92 Å². The Morgan fingerprint density at radius 1 is 1.10 bits per heavy atom. The molecule has 2 heteroatoms. The van der Waals surface area contributed by atoms with Gasteiger partial charge in [-0.15, -0.1) is 0 Å². The Kier molecular flexibility index (Phi) is 6.35. The van der Waals surface area contributed by atoms with E-state index in [9.17, 15) is 0 Å². The second kappa shape index (κ2) is 7.79. The van der Waals surface area contributed by atoms with Crippen molar-refractivity contribution in [1.82, 2.24) is 10.2 Å². The molecule has 2 nitrogen and oxygen atoms in total. The molecule has 2 aliphatic rings. The van der Waals surface area contributed by atoms with Gasteiger partial charge in [0.25, 0.3) is 0 Å². The van der Waals surface area contributed by atoms with Crippen LogP contribution in [0.1, 0.15) is 78.6 Å². The first-order valence-electron chi connectivity index (χ1n) is 9.10. The van der Waals surface area contributed by atoms with Gasteiger partial charge in [-0.25, -0.2) is 0 Å². The minimum absolute atomic E-state index is 0.490. The Morgan fingerprint density at radius 2 is 1.80 bits per heavy atom. The predicted octanol–water partition coefficient (Wildman–Crippen LogP) is 4.20. The Balaban J connectivity index is 1.63. The molecule has 0 aromatic carbocycles. The third-order valence-corrected chi connectivity index (χ3v) is 5.44. The van der Waals surface area contributed by atoms with Gasteiger partial charge >= 0.3 is 0 Å². The van der Waals surface area contributed by atoms with E-state index < -0.39 is 0 Å². The van der Waals surface area contributed by atoms with Crippen molar-refractivity contribution in [1.29, 1.82) is 0 Å². The smallest absolute Gasteiger partial charge is 0.0309 e. The molecular formula is C18H36N2. The van der Waals surface area contributed by atoms with E-state index in [0.717, 1.165) is 12.0 Å². The fraction of sp³-hybridized carbons (Fsp3) is 1.00. The molecule has 1 aliphatic carbocycles. The minimum Gasteiger partial charge on any atom is -0.308 e. The lowest BCUT2D eigenvalue weighted by Crippen LogP contribution is -2.62. The standard InChI is InChI=1S/C18H36N2/c1-16(2)10-6-4-5-9-13-20-15-18(11-7-8-12-18)19-14-17(20)3/h16-17,19H,4-15H2,1-3H3. The van der Waals surface area contributed by atoms with Gasteiger partial charge in [-0.05, 0) is 38.6 Å². The summed E-state index contributed by atoms with van der Waals surface area (Å²) in [7, 11) is 0. The van der Waals surface area contributed by atoms with E-state index in [1.807, 2.05) is 0 Å². The molecule has 1 N–H and O–H groups in total. The van der Waals surface area contributed by atoms with Gasteiger partial charge in [0.05, 0.1) is 0 Å². The average Bonchev–Trinajstić information content (AvgIpc) is 2.86. The van der Waals surface area contributed by atoms with Crippen LogP contribution in [0.2, 0.25) is 0 Å². The number of nitrogens with zero attached hydrogens (tertiary/aromatic N) is 1. The average molecular weight is 280 g/mol. The van der Waals surface area contributed by atoms with Crippen LogP contribution >= 0.6 is 0 Å². The van der Waals surface area contributed by atoms with Crippen LogP contribution in [0.4, 0.5) is 0 Å². The number of piperazine rings is 1. The first-order chi connectivity index (χ1) is 9.61. The molecule has 1 aliphatic heterocycles. The Hall–Kier alpha value is -0.0800. The predicted molar refractivity (Wildman–Crippen MR) is 88.2 cm³/mol. The summed E-state index contributed by atoms with van der Waals surface area (Å²) in [5.41, 5.74) is 0.490. The molecule has 20 heavy (non-hydrogen) atoms. The molecule has 1 heterocycles. The number of nitrogens with one attached hydrogen (secondary N) is 1. The zero-order valence-corrected chi connectivity index (χ0v) is 14.1. The summed E-state index contributed by atoms with van der Waals surface area (Å²) in [6.07, 6.45) is 12.8. The third kappa shape index (κ3) is 4.73. The largest absolute Gasteiger partial charge is 0.308 e. The minimum atomic E-state index is 0.490. The van der Waals surface area contributed by atoms with Crippen LogP contribution in [0.25, 0.3) is 0 Å². The summed E-state index contributed by atoms with van der Waals surface area (Å²) < 4.78 is 0. The van der Waals surface area contributed by atoms with Crippen LogP contribution in [-0.2, 0) is 0 Å². The molecule has 1 spiro atoms. The van der Waals surface area contributed by atoms with Gasteiger partial charge in [0.15, 0.2) is 0 Å². The van der Waals surface area contributed by atoms with Crippen molar-refractivity contribution in [2.75, 3.05) is 19.6 Å². The summed E-state index contributed by atoms with van der Waals surface area (Å²) in [6, 6.07) is 0.733. The van der Waals surface area contributed by atoms with Crippen molar-refractivity contribution in [2.45, 2.75) is 90.1 Å². The zero-order chi connectivity index (χ0) is 14.4. The first kappa shape index (κ1) is 16.3. The second-order valence-electron chi connectivity index (χ2n) is 7.78. The normalized spacial score (nSPS) is 26.7. The molecule has 0 bridgehead atoms. The van der Waals surface area contributed by atoms with Crippen molar-refractivity contribution in [3.05, 3.63) is 0 Å². The van der Waals surface area contributed by atoms with E-state index in [-0.39, 0.29) is 0 Å². The molecule has 1 unspecified atom stereocenters. The highest BCUT2D eigenvalue weighted by Crippen LogP contribution is 2.33. The lowest BCUT2D eigenvalue weighted by atomic mass is 9.92. The van der Waals surface area contributed by atoms with Gasteiger partial charge in [-0.2, -0.15) is 0 Å². The summed E-state index contributed by atoms with van der Waals surface area (Å²) in [6.45, 7) is 10.9. The lowest BCUT2D eigenvalue weighted by molar-refractivity contribution is 0.0874. The summed E-state index contributed by atoms with van der Waals surface area (Å²) in [5, 5.41) is 3.86. The molecular weight excluding hydrogens is 244 g/mol. The monoisotopic (exact) mass is 280 g/mol. The Bertz CT molecular complexity index is 269. The molecule has 1 atom stereocenters. The van der Waals surface area contributed by atoms with Gasteiger partial charge in [0.1, 0.15) is 0 Å². The maximum absolute atomic E-state index is 3.86. The fourth-order valence-corrected chi connectivity index (χ4v) is 4.00. The molecule has 1 saturated heterocycles. The summed E-state index contributed by atoms with van der Waals surface area (Å²) in [4.78, 5) is 2.77.